The molecule has 112 valence electrons. The summed E-state index contributed by atoms with van der Waals surface area (Å²) in [6.45, 7) is 6.04. The number of likely N-dealkylation sites (N-methyl/N-ethyl adjacent to an activating group) is 1. The van der Waals surface area contributed by atoms with Crippen molar-refractivity contribution in [1.29, 1.82) is 0 Å². The Labute approximate surface area is 119 Å². The minimum Gasteiger partial charge on any atom is -0.465 e. The van der Waals surface area contributed by atoms with E-state index in [1.807, 2.05) is 27.9 Å². The van der Waals surface area contributed by atoms with Gasteiger partial charge in [0.15, 0.2) is 5.76 Å². The number of nitrogens with one attached hydrogen (secondary N) is 2. The molecule has 0 bridgehead atoms. The Kier molecular flexibility index (Phi) is 6.79. The Morgan fingerprint density at radius 1 is 1.50 bits per heavy atom. The Morgan fingerprint density at radius 3 is 2.80 bits per heavy atom. The van der Waals surface area contributed by atoms with Gasteiger partial charge in [0.1, 0.15) is 0 Å². The van der Waals surface area contributed by atoms with Gasteiger partial charge in [0.25, 0.3) is 11.9 Å². The van der Waals surface area contributed by atoms with Gasteiger partial charge in [0, 0.05) is 0 Å². The van der Waals surface area contributed by atoms with E-state index < -0.39 is 0 Å². The number of hydrogen-bond acceptors (Lipinski definition) is 4. The van der Waals surface area contributed by atoms with E-state index in [-0.39, 0.29) is 17.7 Å². The summed E-state index contributed by atoms with van der Waals surface area (Å²) in [5.74, 6) is 0.249. The van der Waals surface area contributed by atoms with Crippen LogP contribution >= 0.6 is 0 Å². The van der Waals surface area contributed by atoms with Gasteiger partial charge in [-0.2, -0.15) is 0 Å². The van der Waals surface area contributed by atoms with Crippen molar-refractivity contribution in [3.05, 3.63) is 24.2 Å². The molecule has 20 heavy (non-hydrogen) atoms. The molecule has 1 aromatic rings. The van der Waals surface area contributed by atoms with Gasteiger partial charge < -0.3 is 14.1 Å². The van der Waals surface area contributed by atoms with Crippen LogP contribution in [-0.4, -0.2) is 45.7 Å². The van der Waals surface area contributed by atoms with E-state index >= 15 is 0 Å². The molecular formula is C14H24N3O3+. The third-order valence-corrected chi connectivity index (χ3v) is 2.39. The molecule has 0 spiro atoms. The van der Waals surface area contributed by atoms with Gasteiger partial charge in [-0.25, -0.2) is 4.99 Å². The number of carbonyl (C=O) groups is 1. The van der Waals surface area contributed by atoms with Crippen LogP contribution in [0.4, 0.5) is 0 Å². The second kappa shape index (κ2) is 8.37. The van der Waals surface area contributed by atoms with Crippen molar-refractivity contribution in [1.82, 2.24) is 5.32 Å². The van der Waals surface area contributed by atoms with Crippen molar-refractivity contribution in [2.45, 2.75) is 13.8 Å². The fourth-order valence-corrected chi connectivity index (χ4v) is 1.31. The largest absolute Gasteiger partial charge is 0.465 e. The van der Waals surface area contributed by atoms with Crippen molar-refractivity contribution in [3.63, 3.8) is 0 Å². The molecule has 0 aliphatic rings. The highest BCUT2D eigenvalue weighted by Gasteiger charge is 2.12. The molecule has 1 rings (SSSR count). The lowest BCUT2D eigenvalue weighted by atomic mass is 10.2. The molecule has 0 fully saturated rings. The molecule has 0 saturated carbocycles. The molecule has 0 radical (unpaired) electrons. The number of carbonyl (C=O) groups excluding carboxylic acids is 1. The van der Waals surface area contributed by atoms with E-state index in [0.717, 1.165) is 6.54 Å². The van der Waals surface area contributed by atoms with E-state index in [4.69, 9.17) is 9.15 Å². The number of ether oxygens (including phenoxy) is 1. The van der Waals surface area contributed by atoms with Crippen LogP contribution in [0.1, 0.15) is 24.4 Å². The number of amides is 1. The van der Waals surface area contributed by atoms with E-state index in [1.54, 1.807) is 12.1 Å². The van der Waals surface area contributed by atoms with Gasteiger partial charge in [-0.15, -0.1) is 0 Å². The number of aliphatic imine (C=N–C) groups is 1. The van der Waals surface area contributed by atoms with Crippen molar-refractivity contribution in [3.8, 4) is 0 Å². The highest BCUT2D eigenvalue weighted by atomic mass is 16.5. The maximum atomic E-state index is 11.9. The highest BCUT2D eigenvalue weighted by Crippen LogP contribution is 2.00. The summed E-state index contributed by atoms with van der Waals surface area (Å²) < 4.78 is 10.6. The fourth-order valence-electron chi connectivity index (χ4n) is 1.31. The number of furan rings is 1. The van der Waals surface area contributed by atoms with Crippen molar-refractivity contribution in [2.24, 2.45) is 10.9 Å². The summed E-state index contributed by atoms with van der Waals surface area (Å²) in [6.07, 6.45) is 1.45. The summed E-state index contributed by atoms with van der Waals surface area (Å²) in [5.41, 5.74) is 0. The van der Waals surface area contributed by atoms with Crippen molar-refractivity contribution in [2.75, 3.05) is 33.8 Å². The molecule has 1 amide bonds. The second-order valence-corrected chi connectivity index (χ2v) is 5.28. The zero-order chi connectivity index (χ0) is 15.0. The third-order valence-electron chi connectivity index (χ3n) is 2.39. The van der Waals surface area contributed by atoms with Crippen molar-refractivity contribution >= 4 is 11.9 Å². The molecule has 0 aromatic carbocycles. The first-order valence-corrected chi connectivity index (χ1v) is 6.80. The first-order chi connectivity index (χ1) is 9.49. The summed E-state index contributed by atoms with van der Waals surface area (Å²) in [4.78, 5) is 17.5. The molecule has 0 unspecified atom stereocenters. The van der Waals surface area contributed by atoms with Gasteiger partial charge in [-0.05, 0) is 18.1 Å². The highest BCUT2D eigenvalue weighted by molar-refractivity contribution is 6.02. The summed E-state index contributed by atoms with van der Waals surface area (Å²) in [5, 5.41) is 2.63. The predicted octanol–water partition coefficient (Wildman–Crippen LogP) is 0.183. The summed E-state index contributed by atoms with van der Waals surface area (Å²) in [7, 11) is 4.09. The molecule has 1 aromatic heterocycles. The van der Waals surface area contributed by atoms with Crippen LogP contribution in [0.3, 0.4) is 0 Å². The molecule has 0 aliphatic heterocycles. The quantitative estimate of drug-likeness (QED) is 0.578. The molecule has 1 heterocycles. The molecule has 0 aliphatic carbocycles. The van der Waals surface area contributed by atoms with Crippen LogP contribution < -0.4 is 10.2 Å². The van der Waals surface area contributed by atoms with E-state index in [1.165, 1.54) is 11.2 Å². The Balaban J connectivity index is 2.59. The minimum atomic E-state index is -0.352. The van der Waals surface area contributed by atoms with Gasteiger partial charge in [-0.1, -0.05) is 13.8 Å². The maximum absolute atomic E-state index is 11.9. The second-order valence-electron chi connectivity index (χ2n) is 5.28. The molecule has 6 nitrogen and oxygen atoms in total. The maximum Gasteiger partial charge on any atom is 0.294 e. The summed E-state index contributed by atoms with van der Waals surface area (Å²) >= 11 is 0. The number of hydrogen-bond donors (Lipinski definition) is 2. The first kappa shape index (κ1) is 16.2. The lowest BCUT2D eigenvalue weighted by Gasteiger charge is -2.12. The average molecular weight is 282 g/mol. The monoisotopic (exact) mass is 282 g/mol. The van der Waals surface area contributed by atoms with Gasteiger partial charge >= 0.3 is 0 Å². The fraction of sp³-hybridized carbons (Fsp3) is 0.571. The molecule has 2 N–H and O–H groups in total. The third kappa shape index (κ3) is 6.38. The van der Waals surface area contributed by atoms with Gasteiger partial charge in [0.2, 0.25) is 0 Å². The SMILES string of the molecule is CC(C)COC(=NCC[NH+](C)C)NC(=O)c1ccco1. The number of amidine groups is 1. The molecule has 6 heteroatoms. The Hall–Kier alpha value is -1.82. The standard InChI is InChI=1S/C14H23N3O3/c1-11(2)10-20-14(15-7-8-17(3)4)16-13(18)12-6-5-9-19-12/h5-6,9,11H,7-8,10H2,1-4H3,(H,15,16,18)/p+1. The predicted molar refractivity (Wildman–Crippen MR) is 76.9 cm³/mol. The zero-order valence-electron chi connectivity index (χ0n) is 12.6. The Bertz CT molecular complexity index is 425. The lowest BCUT2D eigenvalue weighted by molar-refractivity contribution is -0.856. The number of quaternary nitrogens is 1. The smallest absolute Gasteiger partial charge is 0.294 e. The van der Waals surface area contributed by atoms with Crippen molar-refractivity contribution < 1.29 is 18.8 Å². The molecule has 0 atom stereocenters. The number of nitrogens with zero attached hydrogens (tertiary/aromatic N) is 1. The average Bonchev–Trinajstić information content (AvgIpc) is 2.88. The Morgan fingerprint density at radius 2 is 2.25 bits per heavy atom. The van der Waals surface area contributed by atoms with Crippen LogP contribution in [0.5, 0.6) is 0 Å². The van der Waals surface area contributed by atoms with Crippen LogP contribution in [-0.2, 0) is 4.74 Å². The van der Waals surface area contributed by atoms with Crippen LogP contribution in [0.15, 0.2) is 27.8 Å². The van der Waals surface area contributed by atoms with Crippen LogP contribution in [0.2, 0.25) is 0 Å². The van der Waals surface area contributed by atoms with E-state index in [0.29, 0.717) is 19.1 Å². The normalized spacial score (nSPS) is 12.0. The summed E-state index contributed by atoms with van der Waals surface area (Å²) in [6, 6.07) is 3.51. The molecule has 0 saturated heterocycles. The van der Waals surface area contributed by atoms with E-state index in [2.05, 4.69) is 10.3 Å². The molecular weight excluding hydrogens is 258 g/mol. The lowest BCUT2D eigenvalue weighted by Crippen LogP contribution is -3.06. The van der Waals surface area contributed by atoms with Gasteiger partial charge in [0.05, 0.1) is 40.1 Å². The number of rotatable bonds is 6. The van der Waals surface area contributed by atoms with Gasteiger partial charge in [-0.3, -0.25) is 10.1 Å². The van der Waals surface area contributed by atoms with E-state index in [9.17, 15) is 4.79 Å². The minimum absolute atomic E-state index is 0.240. The first-order valence-electron chi connectivity index (χ1n) is 6.80. The van der Waals surface area contributed by atoms with Crippen LogP contribution in [0.25, 0.3) is 0 Å². The topological polar surface area (TPSA) is 68.3 Å². The van der Waals surface area contributed by atoms with Crippen LogP contribution in [0, 0.1) is 5.92 Å². The zero-order valence-corrected chi connectivity index (χ0v) is 12.6.